The second-order valence-corrected chi connectivity index (χ2v) is 2.92. The lowest BCUT2D eigenvalue weighted by molar-refractivity contribution is 0.177. The summed E-state index contributed by atoms with van der Waals surface area (Å²) in [6, 6.07) is 5.74. The normalized spacial score (nSPS) is 12.1. The van der Waals surface area contributed by atoms with Crippen molar-refractivity contribution in [3.63, 3.8) is 0 Å². The molecular formula is C10H11FN2O. The van der Waals surface area contributed by atoms with Gasteiger partial charge in [-0.25, -0.2) is 4.39 Å². The van der Waals surface area contributed by atoms with Crippen molar-refractivity contribution >= 4 is 0 Å². The van der Waals surface area contributed by atoms with Crippen molar-refractivity contribution in [2.24, 2.45) is 0 Å². The third kappa shape index (κ3) is 2.28. The molecular weight excluding hydrogens is 183 g/mol. The zero-order valence-electron chi connectivity index (χ0n) is 7.79. The molecule has 3 nitrogen and oxygen atoms in total. The number of aliphatic hydroxyl groups is 1. The van der Waals surface area contributed by atoms with E-state index >= 15 is 0 Å². The Morgan fingerprint density at radius 1 is 1.64 bits per heavy atom. The standard InChI is InChI=1S/C10H11FN2O/c1-13-6-10(14)7-2-3-9(11)8(4-7)5-12/h2-4,10,13-14H,6H2,1H3. The highest BCUT2D eigenvalue weighted by molar-refractivity contribution is 5.35. The molecule has 1 atom stereocenters. The van der Waals surface area contributed by atoms with E-state index in [-0.39, 0.29) is 5.56 Å². The van der Waals surface area contributed by atoms with Crippen LogP contribution in [0.4, 0.5) is 4.39 Å². The van der Waals surface area contributed by atoms with Gasteiger partial charge >= 0.3 is 0 Å². The van der Waals surface area contributed by atoms with Gasteiger partial charge in [-0.3, -0.25) is 0 Å². The predicted molar refractivity (Wildman–Crippen MR) is 50.0 cm³/mol. The summed E-state index contributed by atoms with van der Waals surface area (Å²) in [6.07, 6.45) is -0.715. The van der Waals surface area contributed by atoms with Crippen LogP contribution < -0.4 is 5.32 Å². The first-order chi connectivity index (χ1) is 6.69. The Bertz CT molecular complexity index is 360. The van der Waals surface area contributed by atoms with Crippen LogP contribution in [0.5, 0.6) is 0 Å². The minimum atomic E-state index is -0.715. The van der Waals surface area contributed by atoms with Crippen molar-refractivity contribution in [3.8, 4) is 6.07 Å². The third-order valence-electron chi connectivity index (χ3n) is 1.89. The van der Waals surface area contributed by atoms with E-state index in [2.05, 4.69) is 5.32 Å². The molecule has 0 bridgehead atoms. The lowest BCUT2D eigenvalue weighted by Crippen LogP contribution is -2.16. The molecule has 0 saturated heterocycles. The fraction of sp³-hybridized carbons (Fsp3) is 0.300. The minimum absolute atomic E-state index is 0.0438. The number of rotatable bonds is 3. The van der Waals surface area contributed by atoms with Gasteiger partial charge in [-0.05, 0) is 24.7 Å². The molecule has 0 aliphatic heterocycles. The van der Waals surface area contributed by atoms with Gasteiger partial charge < -0.3 is 10.4 Å². The molecule has 0 aliphatic carbocycles. The van der Waals surface area contributed by atoms with E-state index in [1.165, 1.54) is 18.2 Å². The summed E-state index contributed by atoms with van der Waals surface area (Å²) in [6.45, 7) is 0.372. The first-order valence-corrected chi connectivity index (χ1v) is 4.21. The molecule has 1 aromatic rings. The largest absolute Gasteiger partial charge is 0.387 e. The number of halogens is 1. The van der Waals surface area contributed by atoms with Crippen molar-refractivity contribution in [3.05, 3.63) is 35.1 Å². The SMILES string of the molecule is CNCC(O)c1ccc(F)c(C#N)c1. The van der Waals surface area contributed by atoms with E-state index in [9.17, 15) is 9.50 Å². The highest BCUT2D eigenvalue weighted by Gasteiger charge is 2.09. The molecule has 0 aromatic heterocycles. The van der Waals surface area contributed by atoms with Gasteiger partial charge in [-0.1, -0.05) is 6.07 Å². The first kappa shape index (κ1) is 10.6. The summed E-state index contributed by atoms with van der Waals surface area (Å²) in [5, 5.41) is 20.9. The monoisotopic (exact) mass is 194 g/mol. The topological polar surface area (TPSA) is 56.0 Å². The van der Waals surface area contributed by atoms with Crippen LogP contribution in [0.15, 0.2) is 18.2 Å². The molecule has 0 spiro atoms. The van der Waals surface area contributed by atoms with Crippen LogP contribution in [-0.4, -0.2) is 18.7 Å². The van der Waals surface area contributed by atoms with Crippen LogP contribution in [0.3, 0.4) is 0 Å². The number of hydrogen-bond donors (Lipinski definition) is 2. The zero-order chi connectivity index (χ0) is 10.6. The lowest BCUT2D eigenvalue weighted by atomic mass is 10.1. The average molecular weight is 194 g/mol. The number of hydrogen-bond acceptors (Lipinski definition) is 3. The minimum Gasteiger partial charge on any atom is -0.387 e. The molecule has 2 N–H and O–H groups in total. The highest BCUT2D eigenvalue weighted by atomic mass is 19.1. The summed E-state index contributed by atoms with van der Waals surface area (Å²) < 4.78 is 12.9. The third-order valence-corrected chi connectivity index (χ3v) is 1.89. The Morgan fingerprint density at radius 3 is 2.93 bits per heavy atom. The van der Waals surface area contributed by atoms with Gasteiger partial charge in [0.15, 0.2) is 0 Å². The maximum Gasteiger partial charge on any atom is 0.140 e. The van der Waals surface area contributed by atoms with E-state index in [0.29, 0.717) is 12.1 Å². The molecule has 1 aromatic carbocycles. The number of nitrogens with one attached hydrogen (secondary N) is 1. The van der Waals surface area contributed by atoms with Crippen LogP contribution >= 0.6 is 0 Å². The molecule has 4 heteroatoms. The van der Waals surface area contributed by atoms with Gasteiger partial charge in [0.25, 0.3) is 0 Å². The summed E-state index contributed by atoms with van der Waals surface area (Å²) in [4.78, 5) is 0. The fourth-order valence-electron chi connectivity index (χ4n) is 1.15. The molecule has 14 heavy (non-hydrogen) atoms. The molecule has 0 aliphatic rings. The Labute approximate surface area is 81.8 Å². The smallest absolute Gasteiger partial charge is 0.140 e. The number of likely N-dealkylation sites (N-methyl/N-ethyl adjacent to an activating group) is 1. The number of benzene rings is 1. The second-order valence-electron chi connectivity index (χ2n) is 2.92. The summed E-state index contributed by atoms with van der Waals surface area (Å²) in [5.74, 6) is -0.562. The molecule has 1 unspecified atom stereocenters. The maximum absolute atomic E-state index is 12.9. The van der Waals surface area contributed by atoms with Gasteiger partial charge in [0.05, 0.1) is 11.7 Å². The van der Waals surface area contributed by atoms with Crippen LogP contribution in [-0.2, 0) is 0 Å². The van der Waals surface area contributed by atoms with E-state index in [1.807, 2.05) is 0 Å². The Hall–Kier alpha value is -1.44. The van der Waals surface area contributed by atoms with Crippen molar-refractivity contribution in [1.82, 2.24) is 5.32 Å². The van der Waals surface area contributed by atoms with Crippen LogP contribution in [0.25, 0.3) is 0 Å². The number of nitrogens with zero attached hydrogens (tertiary/aromatic N) is 1. The summed E-state index contributed by atoms with van der Waals surface area (Å²) in [5.41, 5.74) is 0.495. The summed E-state index contributed by atoms with van der Waals surface area (Å²) >= 11 is 0. The van der Waals surface area contributed by atoms with E-state index in [0.717, 1.165) is 0 Å². The first-order valence-electron chi connectivity index (χ1n) is 4.21. The van der Waals surface area contributed by atoms with Gasteiger partial charge in [0.2, 0.25) is 0 Å². The Morgan fingerprint density at radius 2 is 2.36 bits per heavy atom. The van der Waals surface area contributed by atoms with Crippen molar-refractivity contribution in [2.75, 3.05) is 13.6 Å². The van der Waals surface area contributed by atoms with Crippen LogP contribution in [0, 0.1) is 17.1 Å². The number of aliphatic hydroxyl groups excluding tert-OH is 1. The van der Waals surface area contributed by atoms with E-state index < -0.39 is 11.9 Å². The molecule has 0 heterocycles. The fourth-order valence-corrected chi connectivity index (χ4v) is 1.15. The van der Waals surface area contributed by atoms with E-state index in [1.54, 1.807) is 13.1 Å². The van der Waals surface area contributed by atoms with Crippen molar-refractivity contribution in [2.45, 2.75) is 6.10 Å². The quantitative estimate of drug-likeness (QED) is 0.753. The van der Waals surface area contributed by atoms with Gasteiger partial charge in [0, 0.05) is 6.54 Å². The summed E-state index contributed by atoms with van der Waals surface area (Å²) in [7, 11) is 1.71. The van der Waals surface area contributed by atoms with Crippen LogP contribution in [0.2, 0.25) is 0 Å². The highest BCUT2D eigenvalue weighted by Crippen LogP contribution is 2.15. The van der Waals surface area contributed by atoms with Gasteiger partial charge in [-0.2, -0.15) is 5.26 Å². The van der Waals surface area contributed by atoms with Gasteiger partial charge in [-0.15, -0.1) is 0 Å². The Balaban J connectivity index is 2.95. The van der Waals surface area contributed by atoms with Crippen molar-refractivity contribution < 1.29 is 9.50 Å². The maximum atomic E-state index is 12.9. The van der Waals surface area contributed by atoms with Crippen LogP contribution in [0.1, 0.15) is 17.2 Å². The molecule has 0 saturated carbocycles. The predicted octanol–water partition coefficient (Wildman–Crippen LogP) is 0.950. The lowest BCUT2D eigenvalue weighted by Gasteiger charge is -2.10. The Kier molecular flexibility index (Phi) is 3.57. The van der Waals surface area contributed by atoms with Crippen molar-refractivity contribution in [1.29, 1.82) is 5.26 Å². The molecule has 0 radical (unpaired) electrons. The van der Waals surface area contributed by atoms with E-state index in [4.69, 9.17) is 5.26 Å². The molecule has 0 amide bonds. The molecule has 0 fully saturated rings. The molecule has 1 rings (SSSR count). The second kappa shape index (κ2) is 4.70. The number of nitriles is 1. The zero-order valence-corrected chi connectivity index (χ0v) is 7.79. The van der Waals surface area contributed by atoms with Gasteiger partial charge in [0.1, 0.15) is 11.9 Å². The average Bonchev–Trinajstić information content (AvgIpc) is 2.19. The molecule has 74 valence electrons.